The maximum Gasteiger partial charge on any atom is 0.422 e. The van der Waals surface area contributed by atoms with E-state index in [0.29, 0.717) is 5.75 Å². The SMILES string of the molecule is COc1ccc(C(C)C(O)(c2cnnc3ccccc23)C(F)(F)F)c(Cl)c1. The molecule has 0 fully saturated rings. The van der Waals surface area contributed by atoms with Gasteiger partial charge in [0.1, 0.15) is 5.75 Å². The number of halogens is 4. The Kier molecular flexibility index (Phi) is 5.01. The second-order valence-corrected chi connectivity index (χ2v) is 6.56. The summed E-state index contributed by atoms with van der Waals surface area (Å²) in [4.78, 5) is 0. The molecular weight excluding hydrogens is 381 g/mol. The maximum atomic E-state index is 14.2. The fourth-order valence-corrected chi connectivity index (χ4v) is 3.49. The molecule has 0 aliphatic rings. The van der Waals surface area contributed by atoms with E-state index in [1.807, 2.05) is 0 Å². The molecule has 4 nitrogen and oxygen atoms in total. The number of methoxy groups -OCH3 is 1. The first kappa shape index (κ1) is 19.4. The third-order valence-corrected chi connectivity index (χ3v) is 5.02. The summed E-state index contributed by atoms with van der Waals surface area (Å²) in [5.41, 5.74) is -3.20. The lowest BCUT2D eigenvalue weighted by Gasteiger charge is -2.37. The standard InChI is InChI=1S/C19H16ClF3N2O2/c1-11(13-8-7-12(27-2)9-16(13)20)18(26,19(21,22)23)15-10-24-25-17-6-4-3-5-14(15)17/h3-11,26H,1-2H3. The van der Waals surface area contributed by atoms with E-state index in [1.54, 1.807) is 12.1 Å². The molecule has 0 aliphatic heterocycles. The number of ether oxygens (including phenoxy) is 1. The number of alkyl halides is 3. The molecule has 0 bridgehead atoms. The van der Waals surface area contributed by atoms with Gasteiger partial charge in [-0.3, -0.25) is 0 Å². The van der Waals surface area contributed by atoms with Gasteiger partial charge in [-0.2, -0.15) is 23.4 Å². The predicted molar refractivity (Wildman–Crippen MR) is 95.9 cm³/mol. The van der Waals surface area contributed by atoms with Crippen LogP contribution in [-0.4, -0.2) is 28.6 Å². The number of hydrogen-bond acceptors (Lipinski definition) is 4. The molecule has 0 aliphatic carbocycles. The largest absolute Gasteiger partial charge is 0.497 e. The van der Waals surface area contributed by atoms with E-state index in [0.717, 1.165) is 6.20 Å². The maximum absolute atomic E-state index is 14.2. The van der Waals surface area contributed by atoms with Crippen LogP contribution in [0.4, 0.5) is 13.2 Å². The van der Waals surface area contributed by atoms with Gasteiger partial charge in [0.2, 0.25) is 0 Å². The van der Waals surface area contributed by atoms with Gasteiger partial charge in [0.05, 0.1) is 18.8 Å². The number of hydrogen-bond donors (Lipinski definition) is 1. The van der Waals surface area contributed by atoms with Gasteiger partial charge < -0.3 is 9.84 Å². The lowest BCUT2D eigenvalue weighted by molar-refractivity contribution is -0.274. The lowest BCUT2D eigenvalue weighted by Crippen LogP contribution is -2.47. The summed E-state index contributed by atoms with van der Waals surface area (Å²) in [6.45, 7) is 1.27. The van der Waals surface area contributed by atoms with Crippen LogP contribution in [0.3, 0.4) is 0 Å². The molecule has 2 atom stereocenters. The van der Waals surface area contributed by atoms with Crippen molar-refractivity contribution in [1.82, 2.24) is 10.2 Å². The molecule has 1 N–H and O–H groups in total. The third kappa shape index (κ3) is 3.21. The first-order valence-electron chi connectivity index (χ1n) is 8.03. The highest BCUT2D eigenvalue weighted by Gasteiger charge is 2.59. The molecule has 1 aromatic heterocycles. The van der Waals surface area contributed by atoms with Crippen LogP contribution in [0.1, 0.15) is 24.0 Å². The molecular formula is C19H16ClF3N2O2. The zero-order valence-corrected chi connectivity index (χ0v) is 15.2. The van der Waals surface area contributed by atoms with Gasteiger partial charge in [0.15, 0.2) is 5.60 Å². The minimum atomic E-state index is -4.98. The van der Waals surface area contributed by atoms with E-state index < -0.39 is 17.7 Å². The molecule has 27 heavy (non-hydrogen) atoms. The van der Waals surface area contributed by atoms with Crippen LogP contribution in [-0.2, 0) is 5.60 Å². The van der Waals surface area contributed by atoms with Gasteiger partial charge in [-0.25, -0.2) is 0 Å². The van der Waals surface area contributed by atoms with Crippen LogP contribution < -0.4 is 4.74 Å². The predicted octanol–water partition coefficient (Wildman–Crippen LogP) is 4.85. The molecule has 0 saturated carbocycles. The number of benzene rings is 2. The Hall–Kier alpha value is -2.38. The molecule has 8 heteroatoms. The van der Waals surface area contributed by atoms with Gasteiger partial charge in [-0.05, 0) is 23.8 Å². The second-order valence-electron chi connectivity index (χ2n) is 6.15. The smallest absolute Gasteiger partial charge is 0.422 e. The summed E-state index contributed by atoms with van der Waals surface area (Å²) in [7, 11) is 1.43. The first-order valence-corrected chi connectivity index (χ1v) is 8.41. The minimum absolute atomic E-state index is 0.0656. The van der Waals surface area contributed by atoms with Gasteiger partial charge in [-0.1, -0.05) is 42.8 Å². The summed E-state index contributed by atoms with van der Waals surface area (Å²) in [5, 5.41) is 18.7. The van der Waals surface area contributed by atoms with Crippen molar-refractivity contribution >= 4 is 22.5 Å². The minimum Gasteiger partial charge on any atom is -0.497 e. The third-order valence-electron chi connectivity index (χ3n) is 4.69. The van der Waals surface area contributed by atoms with Crippen LogP contribution in [0, 0.1) is 0 Å². The van der Waals surface area contributed by atoms with Crippen LogP contribution in [0.2, 0.25) is 5.02 Å². The fourth-order valence-electron chi connectivity index (χ4n) is 3.15. The average Bonchev–Trinajstić information content (AvgIpc) is 2.65. The molecule has 0 amide bonds. The van der Waals surface area contributed by atoms with Crippen molar-refractivity contribution in [2.24, 2.45) is 0 Å². The fraction of sp³-hybridized carbons (Fsp3) is 0.263. The average molecular weight is 397 g/mol. The molecule has 3 rings (SSSR count). The van der Waals surface area contributed by atoms with Crippen molar-refractivity contribution < 1.29 is 23.0 Å². The highest BCUT2D eigenvalue weighted by molar-refractivity contribution is 6.31. The lowest BCUT2D eigenvalue weighted by atomic mass is 9.77. The summed E-state index contributed by atoms with van der Waals surface area (Å²) in [5.74, 6) is -1.01. The van der Waals surface area contributed by atoms with Crippen molar-refractivity contribution in [3.63, 3.8) is 0 Å². The molecule has 2 aromatic carbocycles. The molecule has 0 saturated heterocycles. The van der Waals surface area contributed by atoms with Crippen molar-refractivity contribution in [3.05, 3.63) is 64.8 Å². The molecule has 1 heterocycles. The zero-order valence-electron chi connectivity index (χ0n) is 14.5. The van der Waals surface area contributed by atoms with Crippen LogP contribution in [0.25, 0.3) is 10.9 Å². The highest BCUT2D eigenvalue weighted by atomic mass is 35.5. The van der Waals surface area contributed by atoms with Crippen molar-refractivity contribution in [2.75, 3.05) is 7.11 Å². The van der Waals surface area contributed by atoms with Crippen LogP contribution in [0.5, 0.6) is 5.75 Å². The molecule has 3 aromatic rings. The molecule has 2 unspecified atom stereocenters. The Morgan fingerprint density at radius 3 is 2.48 bits per heavy atom. The Morgan fingerprint density at radius 2 is 1.85 bits per heavy atom. The van der Waals surface area contributed by atoms with E-state index in [9.17, 15) is 18.3 Å². The monoisotopic (exact) mass is 396 g/mol. The van der Waals surface area contributed by atoms with E-state index in [2.05, 4.69) is 10.2 Å². The number of aromatic nitrogens is 2. The number of nitrogens with zero attached hydrogens (tertiary/aromatic N) is 2. The number of aliphatic hydroxyl groups is 1. The summed E-state index contributed by atoms with van der Waals surface area (Å²) in [6.07, 6.45) is -4.04. The van der Waals surface area contributed by atoms with E-state index in [1.165, 1.54) is 44.4 Å². The van der Waals surface area contributed by atoms with Gasteiger partial charge in [0.25, 0.3) is 0 Å². The zero-order chi connectivity index (χ0) is 19.8. The Bertz CT molecular complexity index is 975. The summed E-state index contributed by atoms with van der Waals surface area (Å²) >= 11 is 6.18. The second kappa shape index (κ2) is 6.98. The number of fused-ring (bicyclic) bond motifs is 1. The topological polar surface area (TPSA) is 55.2 Å². The van der Waals surface area contributed by atoms with Crippen molar-refractivity contribution in [3.8, 4) is 5.75 Å². The highest BCUT2D eigenvalue weighted by Crippen LogP contribution is 2.51. The van der Waals surface area contributed by atoms with Crippen molar-refractivity contribution in [2.45, 2.75) is 24.6 Å². The normalized spacial score (nSPS) is 15.4. The van der Waals surface area contributed by atoms with Gasteiger partial charge >= 0.3 is 6.18 Å². The van der Waals surface area contributed by atoms with E-state index >= 15 is 0 Å². The van der Waals surface area contributed by atoms with E-state index in [4.69, 9.17) is 16.3 Å². The number of rotatable bonds is 4. The van der Waals surface area contributed by atoms with Gasteiger partial charge in [0, 0.05) is 21.9 Å². The van der Waals surface area contributed by atoms with Gasteiger partial charge in [-0.15, -0.1) is 0 Å². The summed E-state index contributed by atoms with van der Waals surface area (Å²) < 4.78 is 47.5. The quantitative estimate of drug-likeness (QED) is 0.685. The molecule has 0 radical (unpaired) electrons. The Balaban J connectivity index is 2.24. The first-order chi connectivity index (χ1) is 12.7. The van der Waals surface area contributed by atoms with Crippen LogP contribution >= 0.6 is 11.6 Å². The Labute approximate surface area is 158 Å². The van der Waals surface area contributed by atoms with Crippen molar-refractivity contribution in [1.29, 1.82) is 0 Å². The summed E-state index contributed by atoms with van der Waals surface area (Å²) in [6, 6.07) is 10.5. The van der Waals surface area contributed by atoms with E-state index in [-0.39, 0.29) is 27.1 Å². The molecule has 142 valence electrons. The Morgan fingerprint density at radius 1 is 1.15 bits per heavy atom. The van der Waals surface area contributed by atoms with Crippen LogP contribution in [0.15, 0.2) is 48.7 Å². The molecule has 0 spiro atoms.